The topological polar surface area (TPSA) is 29.5 Å². The molecular weight excluding hydrogens is 219 g/mol. The minimum Gasteiger partial charge on any atom is -0.491 e. The van der Waals surface area contributed by atoms with E-state index in [9.17, 15) is 9.50 Å². The Labute approximate surface area is 101 Å². The quantitative estimate of drug-likeness (QED) is 0.854. The maximum Gasteiger partial charge on any atom is 0.165 e. The zero-order valence-electron chi connectivity index (χ0n) is 10.2. The monoisotopic (exact) mass is 238 g/mol. The minimum absolute atomic E-state index is 0.000426. The molecule has 94 valence electrons. The fourth-order valence-corrected chi connectivity index (χ4v) is 2.43. The Hall–Kier alpha value is -1.09. The van der Waals surface area contributed by atoms with Crippen molar-refractivity contribution in [2.75, 3.05) is 13.2 Å². The standard InChI is InChI=1S/C14H19FO2/c1-2-17-13-5-4-11(8-12(13)15)9-14(10-16)6-3-7-14/h4-5,8,16H,2-3,6-7,9-10H2,1H3. The normalized spacial score (nSPS) is 17.6. The van der Waals surface area contributed by atoms with Gasteiger partial charge in [-0.15, -0.1) is 0 Å². The minimum atomic E-state index is -0.309. The lowest BCUT2D eigenvalue weighted by atomic mass is 9.66. The molecule has 3 heteroatoms. The van der Waals surface area contributed by atoms with E-state index in [2.05, 4.69) is 0 Å². The molecule has 0 bridgehead atoms. The van der Waals surface area contributed by atoms with Crippen LogP contribution >= 0.6 is 0 Å². The number of aliphatic hydroxyl groups is 1. The Morgan fingerprint density at radius 3 is 2.65 bits per heavy atom. The number of hydrogen-bond donors (Lipinski definition) is 1. The molecule has 1 N–H and O–H groups in total. The van der Waals surface area contributed by atoms with Crippen molar-refractivity contribution >= 4 is 0 Å². The average molecular weight is 238 g/mol. The first-order valence-electron chi connectivity index (χ1n) is 6.21. The van der Waals surface area contributed by atoms with Crippen molar-refractivity contribution in [3.63, 3.8) is 0 Å². The van der Waals surface area contributed by atoms with Crippen LogP contribution in [0.4, 0.5) is 4.39 Å². The first-order valence-corrected chi connectivity index (χ1v) is 6.21. The second-order valence-electron chi connectivity index (χ2n) is 4.89. The summed E-state index contributed by atoms with van der Waals surface area (Å²) >= 11 is 0. The summed E-state index contributed by atoms with van der Waals surface area (Å²) in [5.74, 6) is -0.000304. The maximum atomic E-state index is 13.7. The SMILES string of the molecule is CCOc1ccc(CC2(CO)CCC2)cc1F. The number of aliphatic hydroxyl groups excluding tert-OH is 1. The van der Waals surface area contributed by atoms with Crippen LogP contribution in [0.25, 0.3) is 0 Å². The van der Waals surface area contributed by atoms with Crippen molar-refractivity contribution < 1.29 is 14.2 Å². The van der Waals surface area contributed by atoms with Gasteiger partial charge in [0.25, 0.3) is 0 Å². The molecule has 1 fully saturated rings. The molecule has 0 aromatic heterocycles. The van der Waals surface area contributed by atoms with E-state index in [1.165, 1.54) is 12.5 Å². The zero-order chi connectivity index (χ0) is 12.3. The first kappa shape index (κ1) is 12.4. The third-order valence-electron chi connectivity index (χ3n) is 3.62. The van der Waals surface area contributed by atoms with Crippen LogP contribution in [0.3, 0.4) is 0 Å². The lowest BCUT2D eigenvalue weighted by molar-refractivity contribution is 0.0449. The molecule has 2 rings (SSSR count). The molecule has 0 atom stereocenters. The maximum absolute atomic E-state index is 13.7. The Kier molecular flexibility index (Phi) is 3.67. The molecule has 0 heterocycles. The first-order chi connectivity index (χ1) is 8.19. The van der Waals surface area contributed by atoms with Crippen molar-refractivity contribution in [1.29, 1.82) is 0 Å². The van der Waals surface area contributed by atoms with Crippen LogP contribution in [0.1, 0.15) is 31.7 Å². The summed E-state index contributed by atoms with van der Waals surface area (Å²) in [6.07, 6.45) is 4.00. The van der Waals surface area contributed by atoms with Crippen LogP contribution in [-0.4, -0.2) is 18.3 Å². The highest BCUT2D eigenvalue weighted by atomic mass is 19.1. The van der Waals surface area contributed by atoms with Crippen LogP contribution in [0.15, 0.2) is 18.2 Å². The van der Waals surface area contributed by atoms with Gasteiger partial charge in [-0.05, 0) is 49.3 Å². The molecule has 1 aliphatic rings. The number of rotatable bonds is 5. The molecule has 0 aliphatic heterocycles. The molecule has 0 spiro atoms. The van der Waals surface area contributed by atoms with Gasteiger partial charge in [0.15, 0.2) is 11.6 Å². The van der Waals surface area contributed by atoms with Crippen LogP contribution in [0.2, 0.25) is 0 Å². The molecule has 0 unspecified atom stereocenters. The molecule has 0 amide bonds. The summed E-state index contributed by atoms with van der Waals surface area (Å²) in [4.78, 5) is 0. The van der Waals surface area contributed by atoms with Gasteiger partial charge in [-0.1, -0.05) is 12.5 Å². The predicted octanol–water partition coefficient (Wildman–Crippen LogP) is 2.93. The summed E-state index contributed by atoms with van der Waals surface area (Å²) in [6.45, 7) is 2.50. The fourth-order valence-electron chi connectivity index (χ4n) is 2.43. The summed E-state index contributed by atoms with van der Waals surface area (Å²) in [5.41, 5.74) is 0.944. The highest BCUT2D eigenvalue weighted by Crippen LogP contribution is 2.43. The summed E-state index contributed by atoms with van der Waals surface area (Å²) in [7, 11) is 0. The smallest absolute Gasteiger partial charge is 0.165 e. The predicted molar refractivity (Wildman–Crippen MR) is 64.6 cm³/mol. The summed E-state index contributed by atoms with van der Waals surface area (Å²) < 4.78 is 18.8. The molecule has 0 saturated heterocycles. The van der Waals surface area contributed by atoms with Crippen molar-refractivity contribution in [2.24, 2.45) is 5.41 Å². The molecular formula is C14H19FO2. The van der Waals surface area contributed by atoms with E-state index >= 15 is 0 Å². The van der Waals surface area contributed by atoms with Crippen LogP contribution in [-0.2, 0) is 6.42 Å². The third-order valence-corrected chi connectivity index (χ3v) is 3.62. The van der Waals surface area contributed by atoms with E-state index < -0.39 is 0 Å². The molecule has 0 radical (unpaired) electrons. The molecule has 1 aromatic carbocycles. The van der Waals surface area contributed by atoms with Gasteiger partial charge in [-0.3, -0.25) is 0 Å². The molecule has 1 aromatic rings. The van der Waals surface area contributed by atoms with Crippen LogP contribution in [0.5, 0.6) is 5.75 Å². The molecule has 1 saturated carbocycles. The van der Waals surface area contributed by atoms with Gasteiger partial charge in [-0.2, -0.15) is 0 Å². The van der Waals surface area contributed by atoms with Gasteiger partial charge >= 0.3 is 0 Å². The lowest BCUT2D eigenvalue weighted by Crippen LogP contribution is -2.35. The fraction of sp³-hybridized carbons (Fsp3) is 0.571. The number of halogens is 1. The number of hydrogen-bond acceptors (Lipinski definition) is 2. The van der Waals surface area contributed by atoms with E-state index in [1.54, 1.807) is 6.07 Å². The largest absolute Gasteiger partial charge is 0.491 e. The zero-order valence-corrected chi connectivity index (χ0v) is 10.2. The summed E-state index contributed by atoms with van der Waals surface area (Å²) in [6, 6.07) is 5.10. The Morgan fingerprint density at radius 2 is 2.18 bits per heavy atom. The van der Waals surface area contributed by atoms with Crippen LogP contribution in [0, 0.1) is 11.2 Å². The highest BCUT2D eigenvalue weighted by molar-refractivity contribution is 5.30. The molecule has 17 heavy (non-hydrogen) atoms. The third kappa shape index (κ3) is 2.60. The lowest BCUT2D eigenvalue weighted by Gasteiger charge is -2.40. The Bertz CT molecular complexity index is 380. The van der Waals surface area contributed by atoms with Gasteiger partial charge in [0.05, 0.1) is 6.61 Å². The van der Waals surface area contributed by atoms with Gasteiger partial charge in [0, 0.05) is 6.61 Å². The van der Waals surface area contributed by atoms with Gasteiger partial charge < -0.3 is 9.84 Å². The average Bonchev–Trinajstić information content (AvgIpc) is 2.27. The van der Waals surface area contributed by atoms with Crippen molar-refractivity contribution in [1.82, 2.24) is 0 Å². The van der Waals surface area contributed by atoms with E-state index in [0.717, 1.165) is 24.8 Å². The van der Waals surface area contributed by atoms with Crippen molar-refractivity contribution in [3.8, 4) is 5.75 Å². The van der Waals surface area contributed by atoms with Crippen LogP contribution < -0.4 is 4.74 Å². The second-order valence-corrected chi connectivity index (χ2v) is 4.89. The van der Waals surface area contributed by atoms with E-state index in [1.807, 2.05) is 13.0 Å². The second kappa shape index (κ2) is 5.05. The van der Waals surface area contributed by atoms with Gasteiger partial charge in [0.1, 0.15) is 0 Å². The summed E-state index contributed by atoms with van der Waals surface area (Å²) in [5, 5.41) is 9.39. The Balaban J connectivity index is 2.09. The molecule has 2 nitrogen and oxygen atoms in total. The molecule has 1 aliphatic carbocycles. The van der Waals surface area contributed by atoms with Gasteiger partial charge in [-0.25, -0.2) is 4.39 Å². The Morgan fingerprint density at radius 1 is 1.41 bits per heavy atom. The van der Waals surface area contributed by atoms with E-state index in [-0.39, 0.29) is 17.8 Å². The van der Waals surface area contributed by atoms with E-state index in [4.69, 9.17) is 4.74 Å². The van der Waals surface area contributed by atoms with E-state index in [0.29, 0.717) is 12.4 Å². The number of benzene rings is 1. The number of ether oxygens (including phenoxy) is 1. The van der Waals surface area contributed by atoms with Crippen molar-refractivity contribution in [3.05, 3.63) is 29.6 Å². The van der Waals surface area contributed by atoms with Crippen molar-refractivity contribution in [2.45, 2.75) is 32.6 Å². The van der Waals surface area contributed by atoms with Gasteiger partial charge in [0.2, 0.25) is 0 Å². The highest BCUT2D eigenvalue weighted by Gasteiger charge is 2.36.